The summed E-state index contributed by atoms with van der Waals surface area (Å²) in [5.74, 6) is 0.976. The second-order valence-electron chi connectivity index (χ2n) is 7.49. The second kappa shape index (κ2) is 8.82. The number of aryl methyl sites for hydroxylation is 1. The summed E-state index contributed by atoms with van der Waals surface area (Å²) in [6.45, 7) is 5.77. The van der Waals surface area contributed by atoms with Crippen molar-refractivity contribution in [2.24, 2.45) is 0 Å². The molecular formula is C23H26N4OS. The van der Waals surface area contributed by atoms with Crippen molar-refractivity contribution in [3.8, 4) is 17.1 Å². The third-order valence-electron chi connectivity index (χ3n) is 5.26. The fourth-order valence-electron chi connectivity index (χ4n) is 3.63. The normalized spacial score (nSPS) is 15.3. The summed E-state index contributed by atoms with van der Waals surface area (Å²) < 4.78 is 2.05. The molecule has 2 heterocycles. The molecule has 0 bridgehead atoms. The van der Waals surface area contributed by atoms with E-state index in [4.69, 9.17) is 0 Å². The van der Waals surface area contributed by atoms with Gasteiger partial charge in [-0.25, -0.2) is 0 Å². The van der Waals surface area contributed by atoms with Gasteiger partial charge in [-0.05, 0) is 45.2 Å². The Morgan fingerprint density at radius 3 is 2.34 bits per heavy atom. The van der Waals surface area contributed by atoms with Crippen molar-refractivity contribution in [3.63, 3.8) is 0 Å². The first-order chi connectivity index (χ1) is 14.1. The fraction of sp³-hybridized carbons (Fsp3) is 0.348. The first-order valence-electron chi connectivity index (χ1n) is 10.2. The molecule has 1 saturated heterocycles. The van der Waals surface area contributed by atoms with Gasteiger partial charge in [0, 0.05) is 24.3 Å². The van der Waals surface area contributed by atoms with Gasteiger partial charge in [0.1, 0.15) is 0 Å². The highest BCUT2D eigenvalue weighted by Crippen LogP contribution is 2.31. The molecule has 1 aromatic heterocycles. The van der Waals surface area contributed by atoms with Crippen LogP contribution in [0.3, 0.4) is 0 Å². The quantitative estimate of drug-likeness (QED) is 0.575. The Hall–Kier alpha value is -2.60. The van der Waals surface area contributed by atoms with Crippen molar-refractivity contribution in [3.05, 3.63) is 60.2 Å². The Labute approximate surface area is 176 Å². The number of aromatic nitrogens is 3. The number of thioether (sulfide) groups is 1. The zero-order chi connectivity index (χ0) is 20.2. The van der Waals surface area contributed by atoms with Gasteiger partial charge in [-0.15, -0.1) is 10.2 Å². The lowest BCUT2D eigenvalue weighted by Gasteiger charge is -2.28. The van der Waals surface area contributed by atoms with Crippen LogP contribution in [-0.4, -0.2) is 43.9 Å². The number of rotatable bonds is 5. The minimum Gasteiger partial charge on any atom is -0.342 e. The Kier molecular flexibility index (Phi) is 6.00. The number of hydrogen-bond acceptors (Lipinski definition) is 4. The van der Waals surface area contributed by atoms with Crippen LogP contribution < -0.4 is 0 Å². The molecule has 0 saturated carbocycles. The molecule has 2 aromatic carbocycles. The van der Waals surface area contributed by atoms with E-state index in [9.17, 15) is 4.79 Å². The summed E-state index contributed by atoms with van der Waals surface area (Å²) >= 11 is 1.48. The lowest BCUT2D eigenvalue weighted by atomic mass is 10.1. The van der Waals surface area contributed by atoms with Crippen LogP contribution >= 0.6 is 11.8 Å². The van der Waals surface area contributed by atoms with E-state index < -0.39 is 0 Å². The fourth-order valence-corrected chi connectivity index (χ4v) is 4.58. The number of amides is 1. The van der Waals surface area contributed by atoms with E-state index in [1.165, 1.54) is 23.7 Å². The van der Waals surface area contributed by atoms with Crippen LogP contribution in [0, 0.1) is 6.92 Å². The Bertz CT molecular complexity index is 962. The minimum atomic E-state index is -0.204. The van der Waals surface area contributed by atoms with E-state index in [1.807, 2.05) is 42.2 Å². The minimum absolute atomic E-state index is 0.189. The largest absolute Gasteiger partial charge is 0.342 e. The van der Waals surface area contributed by atoms with Crippen molar-refractivity contribution < 1.29 is 4.79 Å². The summed E-state index contributed by atoms with van der Waals surface area (Å²) in [5, 5.41) is 9.48. The summed E-state index contributed by atoms with van der Waals surface area (Å²) in [6, 6.07) is 18.4. The number of likely N-dealkylation sites (tertiary alicyclic amines) is 1. The molecule has 5 nitrogen and oxygen atoms in total. The van der Waals surface area contributed by atoms with Crippen molar-refractivity contribution in [2.75, 3.05) is 13.1 Å². The number of piperidine rings is 1. The molecule has 0 radical (unpaired) electrons. The molecular weight excluding hydrogens is 380 g/mol. The molecule has 0 aliphatic carbocycles. The molecule has 0 N–H and O–H groups in total. The average molecular weight is 407 g/mol. The van der Waals surface area contributed by atoms with Crippen molar-refractivity contribution in [1.82, 2.24) is 19.7 Å². The number of carbonyl (C=O) groups is 1. The van der Waals surface area contributed by atoms with E-state index in [1.54, 1.807) is 0 Å². The van der Waals surface area contributed by atoms with Gasteiger partial charge in [-0.3, -0.25) is 9.36 Å². The highest BCUT2D eigenvalue weighted by molar-refractivity contribution is 8.00. The van der Waals surface area contributed by atoms with E-state index in [0.717, 1.165) is 48.2 Å². The molecule has 4 rings (SSSR count). The van der Waals surface area contributed by atoms with Crippen LogP contribution in [0.4, 0.5) is 0 Å². The van der Waals surface area contributed by atoms with Crippen molar-refractivity contribution in [2.45, 2.75) is 43.5 Å². The van der Waals surface area contributed by atoms with Crippen LogP contribution in [0.5, 0.6) is 0 Å². The molecule has 1 atom stereocenters. The predicted molar refractivity (Wildman–Crippen MR) is 117 cm³/mol. The maximum Gasteiger partial charge on any atom is 0.235 e. The molecule has 29 heavy (non-hydrogen) atoms. The van der Waals surface area contributed by atoms with Gasteiger partial charge in [0.15, 0.2) is 11.0 Å². The number of benzene rings is 2. The van der Waals surface area contributed by atoms with Crippen LogP contribution in [0.15, 0.2) is 59.8 Å². The van der Waals surface area contributed by atoms with Gasteiger partial charge in [-0.1, -0.05) is 59.8 Å². The predicted octanol–water partition coefficient (Wildman–Crippen LogP) is 4.74. The van der Waals surface area contributed by atoms with Crippen molar-refractivity contribution in [1.29, 1.82) is 0 Å². The molecule has 1 aliphatic rings. The highest BCUT2D eigenvalue weighted by Gasteiger charge is 2.26. The molecule has 1 unspecified atom stereocenters. The zero-order valence-corrected chi connectivity index (χ0v) is 17.7. The van der Waals surface area contributed by atoms with Gasteiger partial charge in [0.25, 0.3) is 0 Å². The number of nitrogens with zero attached hydrogens (tertiary/aromatic N) is 4. The Balaban J connectivity index is 1.67. The maximum absolute atomic E-state index is 12.9. The molecule has 6 heteroatoms. The third-order valence-corrected chi connectivity index (χ3v) is 6.29. The molecule has 1 amide bonds. The highest BCUT2D eigenvalue weighted by atomic mass is 32.2. The van der Waals surface area contributed by atoms with Crippen LogP contribution in [0.25, 0.3) is 17.1 Å². The lowest BCUT2D eigenvalue weighted by molar-refractivity contribution is -0.131. The van der Waals surface area contributed by atoms with Crippen molar-refractivity contribution >= 4 is 17.7 Å². The molecule has 150 valence electrons. The SMILES string of the molecule is Cc1ccc(-n2c(SC(C)C(=O)N3CCCCC3)nnc2-c2ccccc2)cc1. The smallest absolute Gasteiger partial charge is 0.235 e. The second-order valence-corrected chi connectivity index (χ2v) is 8.80. The summed E-state index contributed by atoms with van der Waals surface area (Å²) in [6.07, 6.45) is 3.41. The first-order valence-corrected chi connectivity index (χ1v) is 11.0. The first kappa shape index (κ1) is 19.7. The molecule has 1 aliphatic heterocycles. The maximum atomic E-state index is 12.9. The Morgan fingerprint density at radius 2 is 1.66 bits per heavy atom. The van der Waals surface area contributed by atoms with Gasteiger partial charge >= 0.3 is 0 Å². The van der Waals surface area contributed by atoms with E-state index in [-0.39, 0.29) is 11.2 Å². The van der Waals surface area contributed by atoms with Gasteiger partial charge in [0.05, 0.1) is 5.25 Å². The van der Waals surface area contributed by atoms with Gasteiger partial charge in [-0.2, -0.15) is 0 Å². The molecule has 3 aromatic rings. The Morgan fingerprint density at radius 1 is 0.966 bits per heavy atom. The van der Waals surface area contributed by atoms with E-state index in [0.29, 0.717) is 0 Å². The summed E-state index contributed by atoms with van der Waals surface area (Å²) in [5.41, 5.74) is 3.20. The lowest BCUT2D eigenvalue weighted by Crippen LogP contribution is -2.40. The number of hydrogen-bond donors (Lipinski definition) is 0. The molecule has 0 spiro atoms. The van der Waals surface area contributed by atoms with Crippen LogP contribution in [-0.2, 0) is 4.79 Å². The van der Waals surface area contributed by atoms with Crippen LogP contribution in [0.2, 0.25) is 0 Å². The molecule has 1 fully saturated rings. The zero-order valence-electron chi connectivity index (χ0n) is 16.9. The third kappa shape index (κ3) is 4.37. The van der Waals surface area contributed by atoms with E-state index in [2.05, 4.69) is 46.0 Å². The average Bonchev–Trinajstić information content (AvgIpc) is 3.18. The standard InChI is InChI=1S/C23H26N4OS/c1-17-11-13-20(14-12-17)27-21(19-9-5-3-6-10-19)24-25-23(27)29-18(2)22(28)26-15-7-4-8-16-26/h3,5-6,9-14,18H,4,7-8,15-16H2,1-2H3. The summed E-state index contributed by atoms with van der Waals surface area (Å²) in [7, 11) is 0. The van der Waals surface area contributed by atoms with Gasteiger partial charge < -0.3 is 4.90 Å². The number of carbonyl (C=O) groups excluding carboxylic acids is 1. The topological polar surface area (TPSA) is 51.0 Å². The van der Waals surface area contributed by atoms with Gasteiger partial charge in [0.2, 0.25) is 5.91 Å². The van der Waals surface area contributed by atoms with Crippen LogP contribution in [0.1, 0.15) is 31.7 Å². The summed E-state index contributed by atoms with van der Waals surface area (Å²) in [4.78, 5) is 14.9. The van der Waals surface area contributed by atoms with E-state index >= 15 is 0 Å². The monoisotopic (exact) mass is 406 g/mol.